The van der Waals surface area contributed by atoms with Gasteiger partial charge in [-0.25, -0.2) is 4.98 Å². The van der Waals surface area contributed by atoms with Crippen molar-refractivity contribution in [1.29, 1.82) is 0 Å². The van der Waals surface area contributed by atoms with Crippen LogP contribution < -0.4 is 27.0 Å². The topological polar surface area (TPSA) is 162 Å². The highest BCUT2D eigenvalue weighted by atomic mass is 16.6. The first-order valence-electron chi connectivity index (χ1n) is 19.8. The number of benzene rings is 1. The van der Waals surface area contributed by atoms with Gasteiger partial charge in [0.1, 0.15) is 11.7 Å². The van der Waals surface area contributed by atoms with E-state index >= 15 is 0 Å². The van der Waals surface area contributed by atoms with Gasteiger partial charge in [-0.2, -0.15) is 0 Å². The third-order valence-corrected chi connectivity index (χ3v) is 9.67. The van der Waals surface area contributed by atoms with Crippen molar-refractivity contribution in [2.75, 3.05) is 115 Å². The zero-order valence-corrected chi connectivity index (χ0v) is 33.5. The van der Waals surface area contributed by atoms with Gasteiger partial charge in [0, 0.05) is 76.3 Å². The first-order chi connectivity index (χ1) is 26.2. The number of allylic oxidation sites excluding steroid dienone is 1. The lowest BCUT2D eigenvalue weighted by atomic mass is 9.97. The van der Waals surface area contributed by atoms with Crippen molar-refractivity contribution >= 4 is 39.8 Å². The van der Waals surface area contributed by atoms with Crippen molar-refractivity contribution in [3.05, 3.63) is 48.1 Å². The molecule has 1 aliphatic heterocycles. The summed E-state index contributed by atoms with van der Waals surface area (Å²) in [4.78, 5) is 25.9. The van der Waals surface area contributed by atoms with Gasteiger partial charge in [0.05, 0.1) is 64.1 Å². The Bertz CT molecular complexity index is 1460. The second-order valence-corrected chi connectivity index (χ2v) is 13.7. The summed E-state index contributed by atoms with van der Waals surface area (Å²) in [6.07, 6.45) is 8.14. The van der Waals surface area contributed by atoms with Gasteiger partial charge < -0.3 is 45.9 Å². The van der Waals surface area contributed by atoms with E-state index in [0.717, 1.165) is 105 Å². The summed E-state index contributed by atoms with van der Waals surface area (Å²) in [6.45, 7) is 19.7. The summed E-state index contributed by atoms with van der Waals surface area (Å²) >= 11 is 0. The van der Waals surface area contributed by atoms with Crippen LogP contribution in [0.3, 0.4) is 0 Å². The number of fused-ring (bicyclic) bond motifs is 1. The first-order valence-corrected chi connectivity index (χ1v) is 19.8. The Morgan fingerprint density at radius 2 is 1.63 bits per heavy atom. The number of nitrogens with two attached hydrogens (primary N) is 2. The van der Waals surface area contributed by atoms with E-state index in [9.17, 15) is 4.79 Å². The van der Waals surface area contributed by atoms with Crippen LogP contribution in [0.2, 0.25) is 0 Å². The Hall–Kier alpha value is -3.59. The number of carbonyl (C=O) groups excluding carboxylic acids is 1. The molecule has 13 heteroatoms. The molecule has 1 aromatic heterocycles. The van der Waals surface area contributed by atoms with Gasteiger partial charge in [-0.3, -0.25) is 14.7 Å². The summed E-state index contributed by atoms with van der Waals surface area (Å²) in [7, 11) is 1.81. The summed E-state index contributed by atoms with van der Waals surface area (Å²) in [5.41, 5.74) is 17.5. The van der Waals surface area contributed by atoms with Crippen molar-refractivity contribution in [3.63, 3.8) is 0 Å². The molecule has 1 amide bonds. The van der Waals surface area contributed by atoms with Gasteiger partial charge in [0.15, 0.2) is 0 Å². The zero-order chi connectivity index (χ0) is 39.0. The number of ether oxygens (including phenoxy) is 4. The SMILES string of the molecule is C=C(C(C)=CC)C(N)CCCCNC(=O)CCOCCOCCOCCOCCN1CCN(c2ccc3nc(N)c(NC(CCCC)=NC)cc3c2)CC1. The van der Waals surface area contributed by atoms with Crippen LogP contribution in [0.1, 0.15) is 65.7 Å². The molecule has 302 valence electrons. The van der Waals surface area contributed by atoms with E-state index in [1.807, 2.05) is 19.9 Å². The molecule has 1 unspecified atom stereocenters. The second-order valence-electron chi connectivity index (χ2n) is 13.7. The monoisotopic (exact) mass is 753 g/mol. The van der Waals surface area contributed by atoms with Gasteiger partial charge in [-0.1, -0.05) is 31.6 Å². The number of amides is 1. The molecule has 1 aliphatic rings. The van der Waals surface area contributed by atoms with Gasteiger partial charge in [-0.05, 0) is 69.4 Å². The smallest absolute Gasteiger partial charge is 0.222 e. The number of nitrogens with one attached hydrogen (secondary N) is 2. The summed E-state index contributed by atoms with van der Waals surface area (Å²) in [6, 6.07) is 8.44. The van der Waals surface area contributed by atoms with Crippen LogP contribution in [-0.4, -0.2) is 127 Å². The van der Waals surface area contributed by atoms with E-state index < -0.39 is 0 Å². The number of pyridine rings is 1. The van der Waals surface area contributed by atoms with E-state index in [4.69, 9.17) is 30.4 Å². The highest BCUT2D eigenvalue weighted by molar-refractivity contribution is 6.00. The fourth-order valence-electron chi connectivity index (χ4n) is 6.01. The number of unbranched alkanes of at least 4 members (excludes halogenated alkanes) is 2. The zero-order valence-electron chi connectivity index (χ0n) is 33.5. The standard InChI is InChI=1S/C41H68N8O5/c1-6-8-12-39(44-5)46-38-31-34-30-35(13-14-37(34)47-41(38)43)49-19-17-48(18-20-49)21-23-52-25-27-54-29-28-53-26-24-51-22-15-40(50)45-16-10-9-11-36(42)33(4)32(3)7-2/h7,13-14,30-31,36H,4,6,8-12,15-29,42H2,1-3,5H3,(H2,43,47)(H,44,46)(H,45,50). The molecule has 2 heterocycles. The molecule has 0 aliphatic carbocycles. The summed E-state index contributed by atoms with van der Waals surface area (Å²) in [5.74, 6) is 1.41. The Morgan fingerprint density at radius 1 is 0.963 bits per heavy atom. The number of amidine groups is 1. The largest absolute Gasteiger partial charge is 0.382 e. The predicted octanol–water partition coefficient (Wildman–Crippen LogP) is 5.16. The minimum atomic E-state index is -0.0317. The molecule has 1 saturated heterocycles. The number of nitrogens with zero attached hydrogens (tertiary/aromatic N) is 4. The van der Waals surface area contributed by atoms with Gasteiger partial charge in [0.2, 0.25) is 5.91 Å². The molecule has 54 heavy (non-hydrogen) atoms. The molecule has 0 bridgehead atoms. The number of hydrogen-bond acceptors (Lipinski definition) is 11. The average Bonchev–Trinajstić information content (AvgIpc) is 3.18. The van der Waals surface area contributed by atoms with E-state index in [1.54, 1.807) is 7.05 Å². The third-order valence-electron chi connectivity index (χ3n) is 9.67. The highest BCUT2D eigenvalue weighted by Gasteiger charge is 2.18. The fraction of sp³-hybridized carbons (Fsp3) is 0.634. The minimum Gasteiger partial charge on any atom is -0.382 e. The molecule has 2 aromatic rings. The van der Waals surface area contributed by atoms with E-state index in [2.05, 4.69) is 68.2 Å². The van der Waals surface area contributed by atoms with Crippen LogP contribution in [-0.2, 0) is 23.7 Å². The van der Waals surface area contributed by atoms with Crippen molar-refractivity contribution < 1.29 is 23.7 Å². The molecule has 1 atom stereocenters. The Kier molecular flexibility index (Phi) is 21.8. The molecule has 0 radical (unpaired) electrons. The maximum Gasteiger partial charge on any atom is 0.222 e. The second kappa shape index (κ2) is 26.3. The Balaban J connectivity index is 1.14. The molecule has 3 rings (SSSR count). The van der Waals surface area contributed by atoms with Crippen LogP contribution in [0.25, 0.3) is 10.9 Å². The molecule has 1 fully saturated rings. The number of aromatic nitrogens is 1. The van der Waals surface area contributed by atoms with Crippen LogP contribution in [0.5, 0.6) is 0 Å². The number of anilines is 3. The van der Waals surface area contributed by atoms with Crippen LogP contribution in [0.15, 0.2) is 53.1 Å². The van der Waals surface area contributed by atoms with Gasteiger partial charge in [0.25, 0.3) is 0 Å². The van der Waals surface area contributed by atoms with E-state index in [-0.39, 0.29) is 11.9 Å². The lowest BCUT2D eigenvalue weighted by Gasteiger charge is -2.36. The van der Waals surface area contributed by atoms with Crippen molar-refractivity contribution in [3.8, 4) is 0 Å². The summed E-state index contributed by atoms with van der Waals surface area (Å²) < 4.78 is 22.5. The van der Waals surface area contributed by atoms with E-state index in [0.29, 0.717) is 71.6 Å². The Morgan fingerprint density at radius 3 is 2.28 bits per heavy atom. The first kappa shape index (κ1) is 44.8. The maximum absolute atomic E-state index is 12.0. The maximum atomic E-state index is 12.0. The number of piperazine rings is 1. The van der Waals surface area contributed by atoms with Crippen molar-refractivity contribution in [1.82, 2.24) is 15.2 Å². The van der Waals surface area contributed by atoms with Crippen LogP contribution >= 0.6 is 0 Å². The third kappa shape index (κ3) is 16.8. The molecule has 13 nitrogen and oxygen atoms in total. The number of hydrogen-bond donors (Lipinski definition) is 4. The van der Waals surface area contributed by atoms with Crippen molar-refractivity contribution in [2.24, 2.45) is 10.7 Å². The van der Waals surface area contributed by atoms with Crippen molar-refractivity contribution in [2.45, 2.75) is 71.8 Å². The fourth-order valence-corrected chi connectivity index (χ4v) is 6.01. The van der Waals surface area contributed by atoms with Crippen LogP contribution in [0.4, 0.5) is 17.2 Å². The van der Waals surface area contributed by atoms with E-state index in [1.165, 1.54) is 5.69 Å². The number of rotatable bonds is 27. The molecular weight excluding hydrogens is 685 g/mol. The Labute approximate surface area is 323 Å². The number of nitrogen functional groups attached to an aromatic ring is 1. The lowest BCUT2D eigenvalue weighted by molar-refractivity contribution is -0.122. The van der Waals surface area contributed by atoms with Gasteiger partial charge in [-0.15, -0.1) is 0 Å². The molecule has 1 aromatic carbocycles. The minimum absolute atomic E-state index is 0.00318. The van der Waals surface area contributed by atoms with Crippen LogP contribution in [0, 0.1) is 0 Å². The van der Waals surface area contributed by atoms with Gasteiger partial charge >= 0.3 is 0 Å². The highest BCUT2D eigenvalue weighted by Crippen LogP contribution is 2.28. The molecule has 6 N–H and O–H groups in total. The normalized spacial score (nSPS) is 14.8. The average molecular weight is 753 g/mol. The molecular formula is C41H68N8O5. The number of carbonyl (C=O) groups is 1. The molecule has 0 spiro atoms. The predicted molar refractivity (Wildman–Crippen MR) is 223 cm³/mol. The lowest BCUT2D eigenvalue weighted by Crippen LogP contribution is -2.47. The summed E-state index contributed by atoms with van der Waals surface area (Å²) in [5, 5.41) is 7.39. The molecule has 0 saturated carbocycles. The quantitative estimate of drug-likeness (QED) is 0.0413. The number of aliphatic imine (C=N–C) groups is 1.